The zero-order valence-electron chi connectivity index (χ0n) is 10.8. The van der Waals surface area contributed by atoms with Crippen molar-refractivity contribution in [3.05, 3.63) is 41.4 Å². The molecular formula is C14H15BrN2O3. The average Bonchev–Trinajstić information content (AvgIpc) is 2.41. The predicted octanol–water partition coefficient (Wildman–Crippen LogP) is 1.34. The number of carbonyl (C=O) groups is 2. The van der Waals surface area contributed by atoms with Gasteiger partial charge in [-0.25, -0.2) is 0 Å². The van der Waals surface area contributed by atoms with Gasteiger partial charge in [0.15, 0.2) is 6.61 Å². The van der Waals surface area contributed by atoms with Gasteiger partial charge in [-0.3, -0.25) is 9.59 Å². The van der Waals surface area contributed by atoms with Crippen molar-refractivity contribution in [2.75, 3.05) is 19.7 Å². The number of benzene rings is 1. The Labute approximate surface area is 125 Å². The lowest BCUT2D eigenvalue weighted by atomic mass is 10.1. The fourth-order valence-electron chi connectivity index (χ4n) is 1.83. The smallest absolute Gasteiger partial charge is 0.258 e. The number of carbonyl (C=O) groups excluding carboxylic acids is 2. The Morgan fingerprint density at radius 2 is 2.05 bits per heavy atom. The quantitative estimate of drug-likeness (QED) is 0.824. The monoisotopic (exact) mass is 338 g/mol. The van der Waals surface area contributed by atoms with Crippen LogP contribution in [0.15, 0.2) is 41.4 Å². The first-order chi connectivity index (χ1) is 9.58. The molecule has 0 radical (unpaired) electrons. The number of rotatable bonds is 5. The molecule has 0 aliphatic carbocycles. The lowest BCUT2D eigenvalue weighted by Gasteiger charge is -2.38. The second-order valence-corrected chi connectivity index (χ2v) is 5.37. The van der Waals surface area contributed by atoms with Crippen LogP contribution in [-0.4, -0.2) is 42.5 Å². The zero-order valence-corrected chi connectivity index (χ0v) is 12.4. The molecule has 5 nitrogen and oxygen atoms in total. The van der Waals surface area contributed by atoms with Gasteiger partial charge in [-0.15, -0.1) is 0 Å². The number of hydrogen-bond acceptors (Lipinski definition) is 3. The van der Waals surface area contributed by atoms with E-state index in [1.165, 1.54) is 6.08 Å². The molecule has 6 heteroatoms. The second kappa shape index (κ2) is 6.56. The van der Waals surface area contributed by atoms with E-state index in [1.807, 2.05) is 12.1 Å². The van der Waals surface area contributed by atoms with Crippen molar-refractivity contribution in [2.45, 2.75) is 6.04 Å². The molecule has 1 saturated heterocycles. The van der Waals surface area contributed by atoms with Gasteiger partial charge in [0.2, 0.25) is 5.91 Å². The van der Waals surface area contributed by atoms with E-state index in [2.05, 4.69) is 27.8 Å². The summed E-state index contributed by atoms with van der Waals surface area (Å²) in [7, 11) is 0. The number of ether oxygens (including phenoxy) is 1. The van der Waals surface area contributed by atoms with E-state index < -0.39 is 0 Å². The topological polar surface area (TPSA) is 58.6 Å². The summed E-state index contributed by atoms with van der Waals surface area (Å²) >= 11 is 3.32. The van der Waals surface area contributed by atoms with Crippen molar-refractivity contribution in [1.29, 1.82) is 0 Å². The van der Waals surface area contributed by atoms with E-state index >= 15 is 0 Å². The molecule has 1 aromatic rings. The average molecular weight is 339 g/mol. The fraction of sp³-hybridized carbons (Fsp3) is 0.286. The molecule has 0 unspecified atom stereocenters. The first-order valence-corrected chi connectivity index (χ1v) is 6.97. The van der Waals surface area contributed by atoms with E-state index in [0.717, 1.165) is 4.47 Å². The van der Waals surface area contributed by atoms with Gasteiger partial charge in [-0.05, 0) is 30.3 Å². The minimum Gasteiger partial charge on any atom is -0.484 e. The number of halogens is 1. The molecule has 1 heterocycles. The van der Waals surface area contributed by atoms with Crippen molar-refractivity contribution in [3.63, 3.8) is 0 Å². The van der Waals surface area contributed by atoms with Crippen molar-refractivity contribution >= 4 is 27.7 Å². The van der Waals surface area contributed by atoms with Crippen molar-refractivity contribution < 1.29 is 14.3 Å². The summed E-state index contributed by atoms with van der Waals surface area (Å²) in [6.07, 6.45) is 1.27. The number of likely N-dealkylation sites (tertiary alicyclic amines) is 1. The van der Waals surface area contributed by atoms with Gasteiger partial charge in [0.1, 0.15) is 5.75 Å². The van der Waals surface area contributed by atoms with Gasteiger partial charge < -0.3 is 15.0 Å². The Morgan fingerprint density at radius 3 is 2.65 bits per heavy atom. The normalized spacial score (nSPS) is 14.3. The van der Waals surface area contributed by atoms with Gasteiger partial charge >= 0.3 is 0 Å². The van der Waals surface area contributed by atoms with Crippen LogP contribution in [0, 0.1) is 0 Å². The molecule has 20 heavy (non-hydrogen) atoms. The molecule has 1 aliphatic rings. The third-order valence-corrected chi connectivity index (χ3v) is 3.45. The third-order valence-electron chi connectivity index (χ3n) is 2.92. The highest BCUT2D eigenvalue weighted by molar-refractivity contribution is 9.10. The van der Waals surface area contributed by atoms with Gasteiger partial charge in [-0.1, -0.05) is 22.5 Å². The second-order valence-electron chi connectivity index (χ2n) is 4.45. The molecule has 1 N–H and O–H groups in total. The minimum absolute atomic E-state index is 0.0000761. The highest BCUT2D eigenvalue weighted by Gasteiger charge is 2.30. The van der Waals surface area contributed by atoms with E-state index in [4.69, 9.17) is 4.74 Å². The summed E-state index contributed by atoms with van der Waals surface area (Å²) in [4.78, 5) is 24.5. The molecule has 1 aliphatic heterocycles. The lowest BCUT2D eigenvalue weighted by Crippen LogP contribution is -2.61. The molecule has 1 fully saturated rings. The standard InChI is InChI=1S/C14H15BrN2O3/c1-2-14(19)17-7-11(8-17)16-13(18)9-20-12-5-3-10(15)4-6-12/h2-6,11H,1,7-9H2,(H,16,18). The maximum absolute atomic E-state index is 11.7. The van der Waals surface area contributed by atoms with Crippen LogP contribution < -0.4 is 10.1 Å². The number of hydrogen-bond donors (Lipinski definition) is 1. The van der Waals surface area contributed by atoms with Crippen LogP contribution in [0.4, 0.5) is 0 Å². The van der Waals surface area contributed by atoms with Crippen molar-refractivity contribution in [3.8, 4) is 5.75 Å². The van der Waals surface area contributed by atoms with Gasteiger partial charge in [0.25, 0.3) is 5.91 Å². The lowest BCUT2D eigenvalue weighted by molar-refractivity contribution is -0.134. The SMILES string of the molecule is C=CC(=O)N1CC(NC(=O)COc2ccc(Br)cc2)C1. The molecule has 1 aromatic carbocycles. The molecule has 0 saturated carbocycles. The molecule has 106 valence electrons. The van der Waals surface area contributed by atoms with Crippen LogP contribution in [0.3, 0.4) is 0 Å². The Hall–Kier alpha value is -1.82. The van der Waals surface area contributed by atoms with Crippen molar-refractivity contribution in [2.24, 2.45) is 0 Å². The third kappa shape index (κ3) is 3.84. The van der Waals surface area contributed by atoms with Crippen LogP contribution in [0.2, 0.25) is 0 Å². The molecule has 0 aromatic heterocycles. The maximum atomic E-state index is 11.7. The van der Waals surface area contributed by atoms with Crippen molar-refractivity contribution in [1.82, 2.24) is 10.2 Å². The Morgan fingerprint density at radius 1 is 1.40 bits per heavy atom. The summed E-state index contributed by atoms with van der Waals surface area (Å²) in [5.74, 6) is 0.339. The Kier molecular flexibility index (Phi) is 4.79. The summed E-state index contributed by atoms with van der Waals surface area (Å²) in [5.41, 5.74) is 0. The predicted molar refractivity (Wildman–Crippen MR) is 78.3 cm³/mol. The zero-order chi connectivity index (χ0) is 14.5. The largest absolute Gasteiger partial charge is 0.484 e. The molecule has 2 rings (SSSR count). The number of nitrogens with one attached hydrogen (secondary N) is 1. The fourth-order valence-corrected chi connectivity index (χ4v) is 2.09. The number of amides is 2. The van der Waals surface area contributed by atoms with E-state index in [0.29, 0.717) is 18.8 Å². The maximum Gasteiger partial charge on any atom is 0.258 e. The molecule has 0 spiro atoms. The first-order valence-electron chi connectivity index (χ1n) is 6.17. The minimum atomic E-state index is -0.191. The summed E-state index contributed by atoms with van der Waals surface area (Å²) in [5, 5.41) is 2.81. The van der Waals surface area contributed by atoms with Crippen LogP contribution in [-0.2, 0) is 9.59 Å². The van der Waals surface area contributed by atoms with Crippen LogP contribution in [0.5, 0.6) is 5.75 Å². The van der Waals surface area contributed by atoms with Gasteiger partial charge in [-0.2, -0.15) is 0 Å². The molecule has 0 atom stereocenters. The molecule has 2 amide bonds. The number of nitrogens with zero attached hydrogens (tertiary/aromatic N) is 1. The van der Waals surface area contributed by atoms with E-state index in [9.17, 15) is 9.59 Å². The summed E-state index contributed by atoms with van der Waals surface area (Å²) in [6.45, 7) is 4.43. The van der Waals surface area contributed by atoms with Gasteiger partial charge in [0, 0.05) is 17.6 Å². The van der Waals surface area contributed by atoms with E-state index in [-0.39, 0.29) is 24.5 Å². The summed E-state index contributed by atoms with van der Waals surface area (Å²) < 4.78 is 6.31. The molecule has 0 bridgehead atoms. The Bertz CT molecular complexity index is 510. The van der Waals surface area contributed by atoms with Crippen LogP contribution in [0.1, 0.15) is 0 Å². The molecular weight excluding hydrogens is 324 g/mol. The highest BCUT2D eigenvalue weighted by Crippen LogP contribution is 2.16. The summed E-state index contributed by atoms with van der Waals surface area (Å²) in [6, 6.07) is 7.26. The highest BCUT2D eigenvalue weighted by atomic mass is 79.9. The Balaban J connectivity index is 1.68. The van der Waals surface area contributed by atoms with E-state index in [1.54, 1.807) is 17.0 Å². The van der Waals surface area contributed by atoms with Crippen LogP contribution in [0.25, 0.3) is 0 Å². The van der Waals surface area contributed by atoms with Crippen LogP contribution >= 0.6 is 15.9 Å². The first kappa shape index (κ1) is 14.6. The van der Waals surface area contributed by atoms with Gasteiger partial charge in [0.05, 0.1) is 6.04 Å².